The fourth-order valence-electron chi connectivity index (χ4n) is 3.51. The van der Waals surface area contributed by atoms with Gasteiger partial charge in [0.25, 0.3) is 5.91 Å². The van der Waals surface area contributed by atoms with Gasteiger partial charge in [0.05, 0.1) is 11.6 Å². The molecule has 0 spiro atoms. The van der Waals surface area contributed by atoms with E-state index in [1.165, 1.54) is 25.9 Å². The molecule has 0 radical (unpaired) electrons. The number of thioether (sulfide) groups is 1. The molecule has 0 bridgehead atoms. The molecule has 4 nitrogen and oxygen atoms in total. The highest BCUT2D eigenvalue weighted by Crippen LogP contribution is 2.23. The number of nitrogens with zero attached hydrogens (tertiary/aromatic N) is 2. The fraction of sp³-hybridized carbons (Fsp3) is 0.706. The summed E-state index contributed by atoms with van der Waals surface area (Å²) in [6.07, 6.45) is 3.68. The zero-order chi connectivity index (χ0) is 15.5. The summed E-state index contributed by atoms with van der Waals surface area (Å²) in [5.41, 5.74) is 0.746. The van der Waals surface area contributed by atoms with Gasteiger partial charge >= 0.3 is 0 Å². The smallest absolute Gasteiger partial charge is 0.257 e. The third kappa shape index (κ3) is 3.51. The predicted molar refractivity (Wildman–Crippen MR) is 90.6 cm³/mol. The van der Waals surface area contributed by atoms with Gasteiger partial charge in [0, 0.05) is 18.8 Å². The fourth-order valence-corrected chi connectivity index (χ4v) is 4.57. The Hall–Kier alpha value is -0.940. The Labute approximate surface area is 137 Å². The van der Waals surface area contributed by atoms with Crippen molar-refractivity contribution in [3.8, 4) is 0 Å². The largest absolute Gasteiger partial charge is 0.466 e. The van der Waals surface area contributed by atoms with Crippen LogP contribution in [0.25, 0.3) is 0 Å². The summed E-state index contributed by atoms with van der Waals surface area (Å²) in [6, 6.07) is 2.22. The van der Waals surface area contributed by atoms with Crippen LogP contribution in [0.3, 0.4) is 0 Å². The van der Waals surface area contributed by atoms with Crippen molar-refractivity contribution in [2.75, 3.05) is 37.7 Å². The summed E-state index contributed by atoms with van der Waals surface area (Å²) >= 11 is 1.99. The second-order valence-corrected chi connectivity index (χ2v) is 7.57. The van der Waals surface area contributed by atoms with Gasteiger partial charge in [0.15, 0.2) is 0 Å². The van der Waals surface area contributed by atoms with Crippen LogP contribution in [0, 0.1) is 13.8 Å². The van der Waals surface area contributed by atoms with Crippen LogP contribution in [0.2, 0.25) is 0 Å². The zero-order valence-electron chi connectivity index (χ0n) is 13.6. The summed E-state index contributed by atoms with van der Waals surface area (Å²) in [6.45, 7) is 8.06. The van der Waals surface area contributed by atoms with Gasteiger partial charge < -0.3 is 14.2 Å². The first-order valence-corrected chi connectivity index (χ1v) is 9.48. The maximum Gasteiger partial charge on any atom is 0.257 e. The van der Waals surface area contributed by atoms with Crippen LogP contribution in [0.15, 0.2) is 10.5 Å². The van der Waals surface area contributed by atoms with Gasteiger partial charge in [-0.15, -0.1) is 0 Å². The van der Waals surface area contributed by atoms with E-state index in [0.29, 0.717) is 6.04 Å². The second-order valence-electron chi connectivity index (χ2n) is 6.42. The van der Waals surface area contributed by atoms with E-state index < -0.39 is 0 Å². The number of carbonyl (C=O) groups excluding carboxylic acids is 1. The molecule has 1 unspecified atom stereocenters. The van der Waals surface area contributed by atoms with E-state index in [1.54, 1.807) is 0 Å². The SMILES string of the molecule is Cc1cc(C(=O)N2CCCSCC2CN2CCCC2)c(C)o1. The Kier molecular flexibility index (Phi) is 5.14. The van der Waals surface area contributed by atoms with Gasteiger partial charge in [-0.25, -0.2) is 0 Å². The molecule has 2 aliphatic rings. The molecule has 0 aromatic carbocycles. The number of aryl methyl sites for hydroxylation is 2. The van der Waals surface area contributed by atoms with Gasteiger partial charge in [-0.1, -0.05) is 0 Å². The van der Waals surface area contributed by atoms with E-state index >= 15 is 0 Å². The Morgan fingerprint density at radius 1 is 1.27 bits per heavy atom. The van der Waals surface area contributed by atoms with Crippen molar-refractivity contribution in [2.24, 2.45) is 0 Å². The lowest BCUT2D eigenvalue weighted by atomic mass is 10.1. The van der Waals surface area contributed by atoms with Crippen LogP contribution in [-0.2, 0) is 0 Å². The van der Waals surface area contributed by atoms with Gasteiger partial charge in [-0.3, -0.25) is 4.79 Å². The molecule has 122 valence electrons. The molecule has 22 heavy (non-hydrogen) atoms. The first kappa shape index (κ1) is 15.9. The van der Waals surface area contributed by atoms with Gasteiger partial charge in [-0.05, 0) is 58.0 Å². The summed E-state index contributed by atoms with van der Waals surface area (Å²) in [4.78, 5) is 17.6. The number of likely N-dealkylation sites (tertiary alicyclic amines) is 1. The molecule has 2 aliphatic heterocycles. The van der Waals surface area contributed by atoms with Crippen LogP contribution in [0.5, 0.6) is 0 Å². The Morgan fingerprint density at radius 2 is 2.05 bits per heavy atom. The lowest BCUT2D eigenvalue weighted by Crippen LogP contribution is -2.47. The highest BCUT2D eigenvalue weighted by Gasteiger charge is 2.30. The van der Waals surface area contributed by atoms with E-state index in [-0.39, 0.29) is 5.91 Å². The quantitative estimate of drug-likeness (QED) is 0.857. The monoisotopic (exact) mass is 322 g/mol. The molecule has 1 aromatic heterocycles. The number of hydrogen-bond donors (Lipinski definition) is 0. The molecular weight excluding hydrogens is 296 g/mol. The molecule has 1 amide bonds. The summed E-state index contributed by atoms with van der Waals surface area (Å²) in [5.74, 6) is 3.93. The standard InChI is InChI=1S/C17H26N2O2S/c1-13-10-16(14(2)21-13)17(20)19-8-5-9-22-12-15(19)11-18-6-3-4-7-18/h10,15H,3-9,11-12H2,1-2H3. The van der Waals surface area contributed by atoms with Crippen molar-refractivity contribution < 1.29 is 9.21 Å². The van der Waals surface area contributed by atoms with Gasteiger partial charge in [-0.2, -0.15) is 11.8 Å². The molecule has 2 saturated heterocycles. The summed E-state index contributed by atoms with van der Waals surface area (Å²) in [5, 5.41) is 0. The zero-order valence-corrected chi connectivity index (χ0v) is 14.5. The lowest BCUT2D eigenvalue weighted by Gasteiger charge is -2.32. The molecule has 1 atom stereocenters. The second kappa shape index (κ2) is 7.09. The maximum absolute atomic E-state index is 13.0. The Balaban J connectivity index is 1.77. The molecule has 0 saturated carbocycles. The predicted octanol–water partition coefficient (Wildman–Crippen LogP) is 2.94. The van der Waals surface area contributed by atoms with Crippen molar-refractivity contribution >= 4 is 17.7 Å². The first-order valence-electron chi connectivity index (χ1n) is 8.33. The van der Waals surface area contributed by atoms with Crippen molar-refractivity contribution in [2.45, 2.75) is 39.2 Å². The van der Waals surface area contributed by atoms with E-state index in [4.69, 9.17) is 4.42 Å². The number of rotatable bonds is 3. The third-order valence-corrected chi connectivity index (χ3v) is 5.84. The van der Waals surface area contributed by atoms with Crippen molar-refractivity contribution in [3.63, 3.8) is 0 Å². The average Bonchev–Trinajstić information content (AvgIpc) is 3.03. The topological polar surface area (TPSA) is 36.7 Å². The van der Waals surface area contributed by atoms with E-state index in [9.17, 15) is 4.79 Å². The molecule has 0 aliphatic carbocycles. The van der Waals surface area contributed by atoms with Crippen LogP contribution in [0.4, 0.5) is 0 Å². The molecule has 2 fully saturated rings. The van der Waals surface area contributed by atoms with E-state index in [0.717, 1.165) is 48.1 Å². The van der Waals surface area contributed by atoms with Crippen LogP contribution < -0.4 is 0 Å². The molecule has 0 N–H and O–H groups in total. The normalized spacial score (nSPS) is 23.7. The number of hydrogen-bond acceptors (Lipinski definition) is 4. The van der Waals surface area contributed by atoms with Crippen LogP contribution in [-0.4, -0.2) is 59.4 Å². The highest BCUT2D eigenvalue weighted by molar-refractivity contribution is 7.99. The Morgan fingerprint density at radius 3 is 2.73 bits per heavy atom. The van der Waals surface area contributed by atoms with Gasteiger partial charge in [0.1, 0.15) is 11.5 Å². The molecule has 3 heterocycles. The van der Waals surface area contributed by atoms with Crippen molar-refractivity contribution in [3.05, 3.63) is 23.2 Å². The summed E-state index contributed by atoms with van der Waals surface area (Å²) in [7, 11) is 0. The van der Waals surface area contributed by atoms with Crippen molar-refractivity contribution in [1.82, 2.24) is 9.80 Å². The maximum atomic E-state index is 13.0. The minimum atomic E-state index is 0.154. The molecule has 3 rings (SSSR count). The van der Waals surface area contributed by atoms with E-state index in [1.807, 2.05) is 31.7 Å². The van der Waals surface area contributed by atoms with Crippen LogP contribution in [0.1, 0.15) is 41.1 Å². The highest BCUT2D eigenvalue weighted by atomic mass is 32.2. The number of carbonyl (C=O) groups is 1. The average molecular weight is 322 g/mol. The van der Waals surface area contributed by atoms with Gasteiger partial charge in [0.2, 0.25) is 0 Å². The van der Waals surface area contributed by atoms with E-state index in [2.05, 4.69) is 9.80 Å². The molecule has 1 aromatic rings. The minimum Gasteiger partial charge on any atom is -0.466 e. The Bertz CT molecular complexity index is 523. The van der Waals surface area contributed by atoms with Crippen LogP contribution >= 0.6 is 11.8 Å². The van der Waals surface area contributed by atoms with Crippen molar-refractivity contribution in [1.29, 1.82) is 0 Å². The summed E-state index contributed by atoms with van der Waals surface area (Å²) < 4.78 is 5.56. The lowest BCUT2D eigenvalue weighted by molar-refractivity contribution is 0.0665. The molecule has 5 heteroatoms. The molecular formula is C17H26N2O2S. The number of furan rings is 1. The first-order chi connectivity index (χ1) is 10.6. The minimum absolute atomic E-state index is 0.154. The third-order valence-electron chi connectivity index (χ3n) is 4.64. The number of amides is 1.